The minimum atomic E-state index is -4.82. The van der Waals surface area contributed by atoms with Crippen LogP contribution < -0.4 is 20.1 Å². The van der Waals surface area contributed by atoms with Gasteiger partial charge < -0.3 is 24.8 Å². The van der Waals surface area contributed by atoms with Gasteiger partial charge in [-0.15, -0.1) is 13.2 Å². The Morgan fingerprint density at radius 3 is 2.62 bits per heavy atom. The maximum absolute atomic E-state index is 12.5. The first kappa shape index (κ1) is 23.6. The standard InChI is InChI=1S/C22H26F3N3O4/c1-30-20-9-8-18(32-22(23,24)25)11-19(20)28-21(29)27-17-6-4-15(5-7-17)13-31-14-16-3-2-10-26-12-16/h2-3,8-12,15,17H,4-7,13-14H2,1H3,(H2,27,28,29). The fraction of sp³-hybridized carbons (Fsp3) is 0.455. The van der Waals surface area contributed by atoms with E-state index in [0.29, 0.717) is 19.1 Å². The third-order valence-corrected chi connectivity index (χ3v) is 5.18. The van der Waals surface area contributed by atoms with Gasteiger partial charge in [0, 0.05) is 31.1 Å². The fourth-order valence-corrected chi connectivity index (χ4v) is 3.63. The molecular weight excluding hydrogens is 427 g/mol. The minimum Gasteiger partial charge on any atom is -0.495 e. The van der Waals surface area contributed by atoms with Gasteiger partial charge in [-0.05, 0) is 55.4 Å². The zero-order valence-electron chi connectivity index (χ0n) is 17.7. The normalized spacial score (nSPS) is 18.6. The number of methoxy groups -OCH3 is 1. The average Bonchev–Trinajstić information content (AvgIpc) is 2.75. The summed E-state index contributed by atoms with van der Waals surface area (Å²) in [7, 11) is 1.36. The molecule has 3 rings (SSSR count). The molecule has 2 N–H and O–H groups in total. The van der Waals surface area contributed by atoms with Gasteiger partial charge in [0.25, 0.3) is 0 Å². The number of hydrogen-bond acceptors (Lipinski definition) is 5. The number of urea groups is 1. The highest BCUT2D eigenvalue weighted by Gasteiger charge is 2.31. The van der Waals surface area contributed by atoms with Gasteiger partial charge in [-0.25, -0.2) is 4.79 Å². The molecule has 1 aromatic heterocycles. The maximum Gasteiger partial charge on any atom is 0.573 e. The lowest BCUT2D eigenvalue weighted by Gasteiger charge is -2.29. The van der Waals surface area contributed by atoms with Crippen LogP contribution in [0, 0.1) is 5.92 Å². The highest BCUT2D eigenvalue weighted by molar-refractivity contribution is 5.91. The molecule has 0 radical (unpaired) electrons. The first-order chi connectivity index (χ1) is 15.3. The minimum absolute atomic E-state index is 0.0230. The van der Waals surface area contributed by atoms with Crippen molar-refractivity contribution in [2.24, 2.45) is 5.92 Å². The van der Waals surface area contributed by atoms with Crippen LogP contribution >= 0.6 is 0 Å². The van der Waals surface area contributed by atoms with Crippen LogP contribution in [0.25, 0.3) is 0 Å². The van der Waals surface area contributed by atoms with E-state index in [1.165, 1.54) is 13.2 Å². The third-order valence-electron chi connectivity index (χ3n) is 5.18. The molecule has 0 bridgehead atoms. The van der Waals surface area contributed by atoms with Crippen molar-refractivity contribution in [2.75, 3.05) is 19.0 Å². The molecule has 0 unspecified atom stereocenters. The molecule has 0 spiro atoms. The highest BCUT2D eigenvalue weighted by atomic mass is 19.4. The van der Waals surface area contributed by atoms with E-state index in [-0.39, 0.29) is 17.5 Å². The zero-order valence-corrected chi connectivity index (χ0v) is 17.7. The Morgan fingerprint density at radius 2 is 1.97 bits per heavy atom. The Bertz CT molecular complexity index is 872. The molecule has 10 heteroatoms. The molecule has 1 aromatic carbocycles. The predicted octanol–water partition coefficient (Wildman–Crippen LogP) is 4.89. The van der Waals surface area contributed by atoms with E-state index in [1.807, 2.05) is 12.1 Å². The SMILES string of the molecule is COc1ccc(OC(F)(F)F)cc1NC(=O)NC1CCC(COCc2cccnc2)CC1. The number of nitrogens with zero attached hydrogens (tertiary/aromatic N) is 1. The largest absolute Gasteiger partial charge is 0.573 e. The van der Waals surface area contributed by atoms with Crippen LogP contribution in [0.4, 0.5) is 23.7 Å². The number of carbonyl (C=O) groups excluding carboxylic acids is 1. The summed E-state index contributed by atoms with van der Waals surface area (Å²) < 4.78 is 52.2. The summed E-state index contributed by atoms with van der Waals surface area (Å²) in [4.78, 5) is 16.4. The number of nitrogens with one attached hydrogen (secondary N) is 2. The van der Waals surface area contributed by atoms with Crippen LogP contribution in [0.5, 0.6) is 11.5 Å². The molecule has 1 aliphatic carbocycles. The Kier molecular flexibility index (Phi) is 8.15. The summed E-state index contributed by atoms with van der Waals surface area (Å²) in [5.74, 6) is 0.202. The number of carbonyl (C=O) groups is 1. The van der Waals surface area contributed by atoms with E-state index >= 15 is 0 Å². The molecule has 174 valence electrons. The molecular formula is C22H26F3N3O4. The van der Waals surface area contributed by atoms with E-state index in [2.05, 4.69) is 20.4 Å². The number of benzene rings is 1. The van der Waals surface area contributed by atoms with E-state index in [0.717, 1.165) is 43.4 Å². The fourth-order valence-electron chi connectivity index (χ4n) is 3.63. The first-order valence-corrected chi connectivity index (χ1v) is 10.3. The molecule has 32 heavy (non-hydrogen) atoms. The summed E-state index contributed by atoms with van der Waals surface area (Å²) in [6.07, 6.45) is 2.09. The molecule has 2 amide bonds. The number of anilines is 1. The monoisotopic (exact) mass is 453 g/mol. The van der Waals surface area contributed by atoms with Crippen molar-refractivity contribution in [3.8, 4) is 11.5 Å². The third kappa shape index (κ3) is 7.60. The summed E-state index contributed by atoms with van der Waals surface area (Å²) in [6.45, 7) is 1.17. The van der Waals surface area contributed by atoms with E-state index in [1.54, 1.807) is 12.4 Å². The van der Waals surface area contributed by atoms with Gasteiger partial charge >= 0.3 is 12.4 Å². The van der Waals surface area contributed by atoms with Gasteiger partial charge in [-0.1, -0.05) is 6.07 Å². The molecule has 1 fully saturated rings. The smallest absolute Gasteiger partial charge is 0.495 e. The number of rotatable bonds is 8. The topological polar surface area (TPSA) is 81.7 Å². The maximum atomic E-state index is 12.5. The first-order valence-electron chi connectivity index (χ1n) is 10.3. The summed E-state index contributed by atoms with van der Waals surface area (Å²) in [5.41, 5.74) is 1.11. The summed E-state index contributed by atoms with van der Waals surface area (Å²) in [6, 6.07) is 6.79. The molecule has 0 aliphatic heterocycles. The van der Waals surface area contributed by atoms with Gasteiger partial charge in [0.05, 0.1) is 19.4 Å². The van der Waals surface area contributed by atoms with E-state index in [9.17, 15) is 18.0 Å². The van der Waals surface area contributed by atoms with Crippen LogP contribution in [-0.2, 0) is 11.3 Å². The summed E-state index contributed by atoms with van der Waals surface area (Å²) >= 11 is 0. The quantitative estimate of drug-likeness (QED) is 0.595. The van der Waals surface area contributed by atoms with Gasteiger partial charge in [-0.3, -0.25) is 4.98 Å². The zero-order chi connectivity index (χ0) is 23.0. The molecule has 7 nitrogen and oxygen atoms in total. The lowest BCUT2D eigenvalue weighted by molar-refractivity contribution is -0.274. The second kappa shape index (κ2) is 11.0. The second-order valence-electron chi connectivity index (χ2n) is 7.60. The van der Waals surface area contributed by atoms with Crippen molar-refractivity contribution >= 4 is 11.7 Å². The van der Waals surface area contributed by atoms with Gasteiger partial charge in [-0.2, -0.15) is 0 Å². The van der Waals surface area contributed by atoms with Crippen LogP contribution in [-0.4, -0.2) is 37.1 Å². The van der Waals surface area contributed by atoms with E-state index in [4.69, 9.17) is 9.47 Å². The second-order valence-corrected chi connectivity index (χ2v) is 7.60. The van der Waals surface area contributed by atoms with Crippen molar-refractivity contribution in [1.82, 2.24) is 10.3 Å². The molecule has 0 saturated heterocycles. The average molecular weight is 453 g/mol. The van der Waals surface area contributed by atoms with Crippen LogP contribution in [0.3, 0.4) is 0 Å². The predicted molar refractivity (Wildman–Crippen MR) is 111 cm³/mol. The van der Waals surface area contributed by atoms with Crippen LogP contribution in [0.2, 0.25) is 0 Å². The highest BCUT2D eigenvalue weighted by Crippen LogP contribution is 2.32. The summed E-state index contributed by atoms with van der Waals surface area (Å²) in [5, 5.41) is 5.42. The number of hydrogen-bond donors (Lipinski definition) is 2. The number of alkyl halides is 3. The molecule has 1 saturated carbocycles. The van der Waals surface area contributed by atoms with Crippen molar-refractivity contribution in [3.63, 3.8) is 0 Å². The van der Waals surface area contributed by atoms with Gasteiger partial charge in [0.2, 0.25) is 0 Å². The molecule has 1 aliphatic rings. The lowest BCUT2D eigenvalue weighted by Crippen LogP contribution is -2.40. The Hall–Kier alpha value is -3.01. The number of ether oxygens (including phenoxy) is 3. The Balaban J connectivity index is 1.43. The number of amides is 2. The Morgan fingerprint density at radius 1 is 1.19 bits per heavy atom. The van der Waals surface area contributed by atoms with Crippen LogP contribution in [0.1, 0.15) is 31.2 Å². The van der Waals surface area contributed by atoms with E-state index < -0.39 is 18.1 Å². The van der Waals surface area contributed by atoms with Crippen molar-refractivity contribution in [2.45, 2.75) is 44.7 Å². The van der Waals surface area contributed by atoms with Crippen molar-refractivity contribution < 1.29 is 32.2 Å². The molecule has 2 aromatic rings. The number of halogens is 3. The molecule has 0 atom stereocenters. The molecule has 1 heterocycles. The van der Waals surface area contributed by atoms with Gasteiger partial charge in [0.15, 0.2) is 0 Å². The van der Waals surface area contributed by atoms with Crippen LogP contribution in [0.15, 0.2) is 42.7 Å². The van der Waals surface area contributed by atoms with Gasteiger partial charge in [0.1, 0.15) is 11.5 Å². The lowest BCUT2D eigenvalue weighted by atomic mass is 9.86. The Labute approximate surface area is 184 Å². The number of aromatic nitrogens is 1. The van der Waals surface area contributed by atoms with Crippen molar-refractivity contribution in [3.05, 3.63) is 48.3 Å². The number of pyridine rings is 1. The van der Waals surface area contributed by atoms with Crippen molar-refractivity contribution in [1.29, 1.82) is 0 Å².